The zero-order valence-electron chi connectivity index (χ0n) is 20.2. The molecule has 0 radical (unpaired) electrons. The van der Waals surface area contributed by atoms with Gasteiger partial charge in [0.05, 0.1) is 37.1 Å². The van der Waals surface area contributed by atoms with Crippen molar-refractivity contribution in [2.45, 2.75) is 45.6 Å². The normalized spacial score (nSPS) is 13.9. The number of fused-ring (bicyclic) bond motifs is 1. The van der Waals surface area contributed by atoms with Crippen LogP contribution in [0.3, 0.4) is 0 Å². The number of aromatic nitrogens is 6. The predicted molar refractivity (Wildman–Crippen MR) is 130 cm³/mol. The number of halogens is 4. The zero-order chi connectivity index (χ0) is 26.5. The molecule has 0 N–H and O–H groups in total. The number of rotatable bonds is 6. The van der Waals surface area contributed by atoms with E-state index in [1.165, 1.54) is 7.11 Å². The summed E-state index contributed by atoms with van der Waals surface area (Å²) >= 11 is 6.40. The predicted octanol–water partition coefficient (Wildman–Crippen LogP) is 5.13. The van der Waals surface area contributed by atoms with Crippen LogP contribution in [0, 0.1) is 0 Å². The Morgan fingerprint density at radius 2 is 1.86 bits per heavy atom. The van der Waals surface area contributed by atoms with Crippen molar-refractivity contribution in [1.82, 2.24) is 29.3 Å². The van der Waals surface area contributed by atoms with Gasteiger partial charge in [-0.2, -0.15) is 28.5 Å². The minimum absolute atomic E-state index is 0.0398. The molecule has 0 spiro atoms. The molecule has 1 amide bonds. The number of amides is 1. The summed E-state index contributed by atoms with van der Waals surface area (Å²) in [7, 11) is 1.28. The molecular formula is C24H23ClF3N7O2. The summed E-state index contributed by atoms with van der Waals surface area (Å²) in [5.74, 6) is 0.531. The van der Waals surface area contributed by atoms with Gasteiger partial charge in [0.15, 0.2) is 5.69 Å². The van der Waals surface area contributed by atoms with Crippen LogP contribution in [-0.4, -0.2) is 42.4 Å². The maximum absolute atomic E-state index is 13.1. The number of alkyl halides is 3. The summed E-state index contributed by atoms with van der Waals surface area (Å²) in [5.41, 5.74) is 1.43. The van der Waals surface area contributed by atoms with E-state index < -0.39 is 11.9 Å². The topological polar surface area (TPSA) is 83.0 Å². The number of hydrogen-bond acceptors (Lipinski definition) is 5. The maximum Gasteiger partial charge on any atom is 0.435 e. The van der Waals surface area contributed by atoms with E-state index in [0.29, 0.717) is 34.5 Å². The molecule has 0 saturated carbocycles. The van der Waals surface area contributed by atoms with Gasteiger partial charge in [-0.15, -0.1) is 0 Å². The largest absolute Gasteiger partial charge is 0.481 e. The second-order valence-electron chi connectivity index (χ2n) is 8.87. The quantitative estimate of drug-likeness (QED) is 0.343. The van der Waals surface area contributed by atoms with Gasteiger partial charge in [-0.05, 0) is 31.5 Å². The third-order valence-corrected chi connectivity index (χ3v) is 6.33. The maximum atomic E-state index is 13.1. The first-order chi connectivity index (χ1) is 17.6. The summed E-state index contributed by atoms with van der Waals surface area (Å²) in [6, 6.07) is 9.46. The minimum atomic E-state index is -4.59. The van der Waals surface area contributed by atoms with Gasteiger partial charge < -0.3 is 4.74 Å². The number of anilines is 1. The molecule has 4 aromatic rings. The van der Waals surface area contributed by atoms with E-state index in [9.17, 15) is 18.0 Å². The van der Waals surface area contributed by atoms with Crippen molar-refractivity contribution in [1.29, 1.82) is 0 Å². The molecule has 0 unspecified atom stereocenters. The van der Waals surface area contributed by atoms with Crippen LogP contribution in [0.1, 0.15) is 37.6 Å². The lowest BCUT2D eigenvalue weighted by Gasteiger charge is -2.27. The van der Waals surface area contributed by atoms with Crippen molar-refractivity contribution < 1.29 is 22.7 Å². The molecule has 194 valence electrons. The number of nitrogens with zero attached hydrogens (tertiary/aromatic N) is 7. The molecule has 1 aliphatic heterocycles. The highest BCUT2D eigenvalue weighted by molar-refractivity contribution is 6.33. The Hall–Kier alpha value is -3.80. The molecular weight excluding hydrogens is 511 g/mol. The second kappa shape index (κ2) is 9.25. The lowest BCUT2D eigenvalue weighted by atomic mass is 10.1. The van der Waals surface area contributed by atoms with E-state index in [1.807, 2.05) is 19.9 Å². The monoisotopic (exact) mass is 533 g/mol. The number of carbonyl (C=O) groups is 1. The summed E-state index contributed by atoms with van der Waals surface area (Å²) in [6.07, 6.45) is -2.73. The van der Waals surface area contributed by atoms with Gasteiger partial charge in [0.1, 0.15) is 17.2 Å². The van der Waals surface area contributed by atoms with Crippen LogP contribution in [0.5, 0.6) is 5.88 Å². The fourth-order valence-corrected chi connectivity index (χ4v) is 4.50. The Kier molecular flexibility index (Phi) is 6.22. The summed E-state index contributed by atoms with van der Waals surface area (Å²) in [6.45, 7) is 4.68. The second-order valence-corrected chi connectivity index (χ2v) is 9.28. The smallest absolute Gasteiger partial charge is 0.435 e. The lowest BCUT2D eigenvalue weighted by molar-refractivity contribution is -0.141. The van der Waals surface area contributed by atoms with Crippen LogP contribution in [0.4, 0.5) is 19.0 Å². The average Bonchev–Trinajstić information content (AvgIpc) is 3.57. The number of hydrogen-bond donors (Lipinski definition) is 0. The SMILES string of the molecule is COc1cc(C(F)(F)F)nn1-c1ccc(CN2C(=O)CCn3nc(-c4c(Cl)cnn4C(C)C)cc32)cc1. The van der Waals surface area contributed by atoms with Crippen LogP contribution in [-0.2, 0) is 24.1 Å². The Balaban J connectivity index is 1.43. The molecule has 0 atom stereocenters. The van der Waals surface area contributed by atoms with Crippen molar-refractivity contribution in [3.8, 4) is 23.0 Å². The molecule has 0 bridgehead atoms. The molecule has 0 fully saturated rings. The van der Waals surface area contributed by atoms with E-state index in [2.05, 4.69) is 15.3 Å². The fourth-order valence-electron chi connectivity index (χ4n) is 4.27. The molecule has 4 heterocycles. The highest BCUT2D eigenvalue weighted by Crippen LogP contribution is 2.35. The van der Waals surface area contributed by atoms with Gasteiger partial charge in [0.2, 0.25) is 11.8 Å². The molecule has 5 rings (SSSR count). The number of carbonyl (C=O) groups excluding carboxylic acids is 1. The summed E-state index contributed by atoms with van der Waals surface area (Å²) < 4.78 is 49.0. The van der Waals surface area contributed by atoms with Crippen LogP contribution < -0.4 is 9.64 Å². The first kappa shape index (κ1) is 24.9. The molecule has 9 nitrogen and oxygen atoms in total. The van der Waals surface area contributed by atoms with Crippen molar-refractivity contribution in [3.63, 3.8) is 0 Å². The first-order valence-corrected chi connectivity index (χ1v) is 11.9. The number of benzene rings is 1. The van der Waals surface area contributed by atoms with E-state index in [1.54, 1.807) is 44.7 Å². The molecule has 0 saturated heterocycles. The third kappa shape index (κ3) is 4.57. The zero-order valence-corrected chi connectivity index (χ0v) is 21.0. The van der Waals surface area contributed by atoms with Crippen LogP contribution in [0.2, 0.25) is 5.02 Å². The highest BCUT2D eigenvalue weighted by Gasteiger charge is 2.35. The Morgan fingerprint density at radius 3 is 2.51 bits per heavy atom. The number of methoxy groups -OCH3 is 1. The lowest BCUT2D eigenvalue weighted by Crippen LogP contribution is -2.36. The minimum Gasteiger partial charge on any atom is -0.481 e. The van der Waals surface area contributed by atoms with Crippen molar-refractivity contribution in [2.24, 2.45) is 0 Å². The van der Waals surface area contributed by atoms with Gasteiger partial charge >= 0.3 is 6.18 Å². The fraction of sp³-hybridized carbons (Fsp3) is 0.333. The van der Waals surface area contributed by atoms with E-state index >= 15 is 0 Å². The molecule has 1 aromatic carbocycles. The van der Waals surface area contributed by atoms with Gasteiger partial charge in [-0.25, -0.2) is 9.36 Å². The van der Waals surface area contributed by atoms with Crippen LogP contribution in [0.15, 0.2) is 42.6 Å². The first-order valence-electron chi connectivity index (χ1n) is 11.5. The Labute approximate surface area is 215 Å². The highest BCUT2D eigenvalue weighted by atomic mass is 35.5. The van der Waals surface area contributed by atoms with Crippen molar-refractivity contribution >= 4 is 23.3 Å². The van der Waals surface area contributed by atoms with Crippen molar-refractivity contribution in [2.75, 3.05) is 12.0 Å². The Bertz CT molecular complexity index is 1450. The molecule has 1 aliphatic rings. The van der Waals surface area contributed by atoms with Crippen molar-refractivity contribution in [3.05, 3.63) is 58.9 Å². The average molecular weight is 534 g/mol. The van der Waals surface area contributed by atoms with E-state index in [-0.39, 0.29) is 30.8 Å². The van der Waals surface area contributed by atoms with Gasteiger partial charge in [-0.1, -0.05) is 23.7 Å². The summed E-state index contributed by atoms with van der Waals surface area (Å²) in [5, 5.41) is 13.1. The summed E-state index contributed by atoms with van der Waals surface area (Å²) in [4.78, 5) is 14.5. The standard InChI is InChI=1S/C24H23ClF3N7O2/c1-14(2)34-23(17(25)12-29-34)18-10-20-32(21(36)8-9-33(20)30-18)13-15-4-6-16(7-5-15)35-22(37-3)11-19(31-35)24(26,27)28/h4-7,10-12,14H,8-9,13H2,1-3H3. The van der Waals surface area contributed by atoms with E-state index in [4.69, 9.17) is 16.3 Å². The molecule has 13 heteroatoms. The third-order valence-electron chi connectivity index (χ3n) is 6.05. The molecule has 3 aromatic heterocycles. The Morgan fingerprint density at radius 1 is 1.14 bits per heavy atom. The van der Waals surface area contributed by atoms with Crippen LogP contribution in [0.25, 0.3) is 17.1 Å². The van der Waals surface area contributed by atoms with Gasteiger partial charge in [0.25, 0.3) is 0 Å². The van der Waals surface area contributed by atoms with E-state index in [0.717, 1.165) is 16.3 Å². The van der Waals surface area contributed by atoms with Gasteiger partial charge in [-0.3, -0.25) is 14.4 Å². The number of aryl methyl sites for hydroxylation is 1. The van der Waals surface area contributed by atoms with Gasteiger partial charge in [0, 0.05) is 24.6 Å². The molecule has 0 aliphatic carbocycles. The van der Waals surface area contributed by atoms with Crippen LogP contribution >= 0.6 is 11.6 Å². The molecule has 37 heavy (non-hydrogen) atoms. The number of ether oxygens (including phenoxy) is 1.